The van der Waals surface area contributed by atoms with E-state index < -0.39 is 0 Å². The molecule has 0 atom stereocenters. The molecule has 3 nitrogen and oxygen atoms in total. The predicted octanol–water partition coefficient (Wildman–Crippen LogP) is 4.38. The zero-order chi connectivity index (χ0) is 17.7. The molecule has 1 aliphatic rings. The molecule has 0 fully saturated rings. The van der Waals surface area contributed by atoms with Crippen molar-refractivity contribution < 1.29 is 4.79 Å². The maximum atomic E-state index is 12.6. The van der Waals surface area contributed by atoms with E-state index in [1.807, 2.05) is 19.9 Å². The van der Waals surface area contributed by atoms with Crippen molar-refractivity contribution in [3.63, 3.8) is 0 Å². The summed E-state index contributed by atoms with van der Waals surface area (Å²) >= 11 is 0. The van der Waals surface area contributed by atoms with Gasteiger partial charge < -0.3 is 10.6 Å². The quantitative estimate of drug-likeness (QED) is 0.757. The first-order valence-electron chi connectivity index (χ1n) is 9.18. The first kappa shape index (κ1) is 20.5. The van der Waals surface area contributed by atoms with Crippen molar-refractivity contribution in [2.45, 2.75) is 52.7 Å². The minimum absolute atomic E-state index is 0. The Morgan fingerprint density at radius 2 is 1.77 bits per heavy atom. The Morgan fingerprint density at radius 1 is 1.04 bits per heavy atom. The second kappa shape index (κ2) is 9.20. The van der Waals surface area contributed by atoms with Crippen molar-refractivity contribution in [2.75, 3.05) is 0 Å². The molecule has 2 aromatic rings. The number of rotatable bonds is 7. The number of amides is 1. The van der Waals surface area contributed by atoms with Gasteiger partial charge in [-0.2, -0.15) is 0 Å². The second-order valence-electron chi connectivity index (χ2n) is 7.61. The topological polar surface area (TPSA) is 41.1 Å². The summed E-state index contributed by atoms with van der Waals surface area (Å²) in [6, 6.07) is 17.0. The van der Waals surface area contributed by atoms with Crippen LogP contribution in [0.3, 0.4) is 0 Å². The number of carbonyl (C=O) groups excluding carboxylic acids is 1. The number of hydrogen-bond acceptors (Lipinski definition) is 2. The number of halogens is 1. The Balaban J connectivity index is 0.00000243. The van der Waals surface area contributed by atoms with E-state index in [1.54, 1.807) is 0 Å². The molecule has 0 saturated carbocycles. The Kier molecular flexibility index (Phi) is 7.24. The predicted molar refractivity (Wildman–Crippen MR) is 109 cm³/mol. The first-order chi connectivity index (χ1) is 12.0. The molecule has 0 aliphatic carbocycles. The number of fused-ring (bicyclic) bond motifs is 1. The van der Waals surface area contributed by atoms with Gasteiger partial charge in [0.1, 0.15) is 0 Å². The molecule has 140 valence electrons. The molecule has 0 bridgehead atoms. The molecule has 0 unspecified atom stereocenters. The lowest BCUT2D eigenvalue weighted by Gasteiger charge is -2.23. The highest BCUT2D eigenvalue weighted by Crippen LogP contribution is 2.24. The highest BCUT2D eigenvalue weighted by atomic mass is 35.5. The number of aryl methyl sites for hydroxylation is 1. The van der Waals surface area contributed by atoms with Gasteiger partial charge in [-0.25, -0.2) is 0 Å². The summed E-state index contributed by atoms with van der Waals surface area (Å²) in [7, 11) is 0. The average Bonchev–Trinajstić information content (AvgIpc) is 3.08. The van der Waals surface area contributed by atoms with Gasteiger partial charge in [-0.3, -0.25) is 4.79 Å². The largest absolute Gasteiger partial charge is 0.352 e. The van der Waals surface area contributed by atoms with Crippen LogP contribution in [0.4, 0.5) is 0 Å². The molecular weight excluding hydrogens is 344 g/mol. The van der Waals surface area contributed by atoms with Crippen LogP contribution in [0.15, 0.2) is 48.5 Å². The van der Waals surface area contributed by atoms with E-state index in [1.165, 1.54) is 22.3 Å². The molecule has 0 saturated heterocycles. The van der Waals surface area contributed by atoms with Crippen LogP contribution in [0.2, 0.25) is 0 Å². The van der Waals surface area contributed by atoms with Gasteiger partial charge in [-0.05, 0) is 41.5 Å². The SMILES string of the molecule is CC(C)(CCCc1ccccc1)C(=O)NCc1ccc2c(c1)CNC2.Cl. The van der Waals surface area contributed by atoms with E-state index in [4.69, 9.17) is 0 Å². The molecule has 1 amide bonds. The fourth-order valence-corrected chi connectivity index (χ4v) is 3.37. The summed E-state index contributed by atoms with van der Waals surface area (Å²) in [6.07, 6.45) is 2.94. The van der Waals surface area contributed by atoms with Crippen LogP contribution >= 0.6 is 12.4 Å². The van der Waals surface area contributed by atoms with E-state index in [2.05, 4.69) is 53.1 Å². The van der Waals surface area contributed by atoms with Crippen LogP contribution in [-0.4, -0.2) is 5.91 Å². The molecule has 26 heavy (non-hydrogen) atoms. The second-order valence-corrected chi connectivity index (χ2v) is 7.61. The van der Waals surface area contributed by atoms with Crippen LogP contribution in [0.25, 0.3) is 0 Å². The molecule has 4 heteroatoms. The highest BCUT2D eigenvalue weighted by molar-refractivity contribution is 5.85. The number of benzene rings is 2. The smallest absolute Gasteiger partial charge is 0.225 e. The Hall–Kier alpha value is -1.84. The lowest BCUT2D eigenvalue weighted by Crippen LogP contribution is -2.36. The number of carbonyl (C=O) groups is 1. The zero-order valence-corrected chi connectivity index (χ0v) is 16.5. The van der Waals surface area contributed by atoms with Crippen molar-refractivity contribution in [1.29, 1.82) is 0 Å². The van der Waals surface area contributed by atoms with Gasteiger partial charge in [0.15, 0.2) is 0 Å². The third-order valence-corrected chi connectivity index (χ3v) is 5.08. The fraction of sp³-hybridized carbons (Fsp3) is 0.409. The summed E-state index contributed by atoms with van der Waals surface area (Å²) in [5.74, 6) is 0.138. The molecule has 2 N–H and O–H groups in total. The van der Waals surface area contributed by atoms with Crippen molar-refractivity contribution in [3.8, 4) is 0 Å². The molecule has 0 radical (unpaired) electrons. The maximum absolute atomic E-state index is 12.6. The fourth-order valence-electron chi connectivity index (χ4n) is 3.37. The van der Waals surface area contributed by atoms with Gasteiger partial charge in [0.2, 0.25) is 5.91 Å². The van der Waals surface area contributed by atoms with Crippen LogP contribution in [0, 0.1) is 5.41 Å². The lowest BCUT2D eigenvalue weighted by atomic mass is 9.85. The summed E-state index contributed by atoms with van der Waals surface area (Å²) in [5, 5.41) is 6.47. The first-order valence-corrected chi connectivity index (χ1v) is 9.18. The molecule has 1 aliphatic heterocycles. The average molecular weight is 373 g/mol. The van der Waals surface area contributed by atoms with Gasteiger partial charge in [0.25, 0.3) is 0 Å². The van der Waals surface area contributed by atoms with Crippen LogP contribution in [-0.2, 0) is 30.8 Å². The molecule has 1 heterocycles. The van der Waals surface area contributed by atoms with Gasteiger partial charge in [0.05, 0.1) is 0 Å². The number of nitrogens with one attached hydrogen (secondary N) is 2. The van der Waals surface area contributed by atoms with E-state index in [9.17, 15) is 4.79 Å². The summed E-state index contributed by atoms with van der Waals surface area (Å²) < 4.78 is 0. The van der Waals surface area contributed by atoms with Gasteiger partial charge in [0, 0.05) is 25.0 Å². The van der Waals surface area contributed by atoms with Crippen LogP contribution < -0.4 is 10.6 Å². The highest BCUT2D eigenvalue weighted by Gasteiger charge is 2.26. The monoisotopic (exact) mass is 372 g/mol. The van der Waals surface area contributed by atoms with Gasteiger partial charge >= 0.3 is 0 Å². The third kappa shape index (κ3) is 5.33. The minimum atomic E-state index is -0.340. The molecule has 2 aromatic carbocycles. The molecule has 3 rings (SSSR count). The van der Waals surface area contributed by atoms with Crippen LogP contribution in [0.5, 0.6) is 0 Å². The zero-order valence-electron chi connectivity index (χ0n) is 15.7. The Labute approximate surface area is 163 Å². The van der Waals surface area contributed by atoms with Crippen molar-refractivity contribution in [1.82, 2.24) is 10.6 Å². The van der Waals surface area contributed by atoms with Crippen molar-refractivity contribution in [2.24, 2.45) is 5.41 Å². The Bertz CT molecular complexity index is 728. The molecule has 0 spiro atoms. The Morgan fingerprint density at radius 3 is 2.54 bits per heavy atom. The number of hydrogen-bond donors (Lipinski definition) is 2. The third-order valence-electron chi connectivity index (χ3n) is 5.08. The summed E-state index contributed by atoms with van der Waals surface area (Å²) in [4.78, 5) is 12.6. The molecule has 0 aromatic heterocycles. The van der Waals surface area contributed by atoms with E-state index >= 15 is 0 Å². The van der Waals surface area contributed by atoms with E-state index in [-0.39, 0.29) is 23.7 Å². The minimum Gasteiger partial charge on any atom is -0.352 e. The summed E-state index contributed by atoms with van der Waals surface area (Å²) in [5.41, 5.74) is 4.90. The molecular formula is C22H29ClN2O. The maximum Gasteiger partial charge on any atom is 0.225 e. The van der Waals surface area contributed by atoms with Gasteiger partial charge in [-0.15, -0.1) is 12.4 Å². The van der Waals surface area contributed by atoms with Crippen LogP contribution in [0.1, 0.15) is 48.9 Å². The van der Waals surface area contributed by atoms with Crippen molar-refractivity contribution in [3.05, 3.63) is 70.8 Å². The van der Waals surface area contributed by atoms with Crippen molar-refractivity contribution >= 4 is 18.3 Å². The standard InChI is InChI=1S/C22H28N2O.ClH/c1-22(2,12-6-9-17-7-4-3-5-8-17)21(25)24-14-18-10-11-19-15-23-16-20(19)13-18;/h3-5,7-8,10-11,13,23H,6,9,12,14-16H2,1-2H3,(H,24,25);1H. The lowest BCUT2D eigenvalue weighted by molar-refractivity contribution is -0.129. The van der Waals surface area contributed by atoms with E-state index in [0.29, 0.717) is 6.54 Å². The van der Waals surface area contributed by atoms with E-state index in [0.717, 1.165) is 32.4 Å². The van der Waals surface area contributed by atoms with Gasteiger partial charge in [-0.1, -0.05) is 62.4 Å². The normalized spacial score (nSPS) is 13.0. The summed E-state index contributed by atoms with van der Waals surface area (Å²) in [6.45, 7) is 6.58.